The van der Waals surface area contributed by atoms with Crippen LogP contribution in [0.2, 0.25) is 0 Å². The maximum absolute atomic E-state index is 4.59. The highest BCUT2D eigenvalue weighted by atomic mass is 15.5. The van der Waals surface area contributed by atoms with Crippen LogP contribution in [0.3, 0.4) is 0 Å². The van der Waals surface area contributed by atoms with Crippen LogP contribution in [-0.2, 0) is 13.1 Å². The highest BCUT2D eigenvalue weighted by Gasteiger charge is 2.11. The molecule has 0 aliphatic rings. The van der Waals surface area contributed by atoms with Gasteiger partial charge in [-0.3, -0.25) is 0 Å². The van der Waals surface area contributed by atoms with E-state index in [4.69, 9.17) is 0 Å². The fourth-order valence-corrected chi connectivity index (χ4v) is 1.87. The molecule has 0 fully saturated rings. The standard InChI is InChI=1S/C14H20N4/c1-3-10-18-16-13(11-15-4-2)14(17-18)12-8-6-5-7-9-12/h5-9,15H,3-4,10-11H2,1-2H3. The summed E-state index contributed by atoms with van der Waals surface area (Å²) in [5, 5.41) is 12.5. The van der Waals surface area contributed by atoms with Gasteiger partial charge in [-0.2, -0.15) is 15.0 Å². The molecule has 1 heterocycles. The van der Waals surface area contributed by atoms with Crippen LogP contribution in [0, 0.1) is 0 Å². The number of aryl methyl sites for hydroxylation is 1. The third kappa shape index (κ3) is 2.96. The highest BCUT2D eigenvalue weighted by molar-refractivity contribution is 5.60. The van der Waals surface area contributed by atoms with Gasteiger partial charge in [0.15, 0.2) is 0 Å². The molecule has 1 aromatic heterocycles. The van der Waals surface area contributed by atoms with Crippen molar-refractivity contribution in [3.8, 4) is 11.3 Å². The molecule has 96 valence electrons. The van der Waals surface area contributed by atoms with Crippen molar-refractivity contribution >= 4 is 0 Å². The largest absolute Gasteiger partial charge is 0.311 e. The molecule has 1 N–H and O–H groups in total. The van der Waals surface area contributed by atoms with Crippen molar-refractivity contribution in [2.45, 2.75) is 33.4 Å². The monoisotopic (exact) mass is 244 g/mol. The molecule has 0 bridgehead atoms. The first-order valence-corrected chi connectivity index (χ1v) is 6.55. The molecule has 1 aromatic carbocycles. The molecular weight excluding hydrogens is 224 g/mol. The van der Waals surface area contributed by atoms with Gasteiger partial charge in [-0.15, -0.1) is 0 Å². The Morgan fingerprint density at radius 3 is 2.56 bits per heavy atom. The molecule has 0 amide bonds. The lowest BCUT2D eigenvalue weighted by molar-refractivity contribution is 0.521. The maximum atomic E-state index is 4.59. The van der Waals surface area contributed by atoms with Crippen molar-refractivity contribution in [3.05, 3.63) is 36.0 Å². The van der Waals surface area contributed by atoms with Gasteiger partial charge < -0.3 is 5.32 Å². The predicted molar refractivity (Wildman–Crippen MR) is 73.1 cm³/mol. The van der Waals surface area contributed by atoms with Crippen molar-refractivity contribution in [1.82, 2.24) is 20.3 Å². The second kappa shape index (κ2) is 6.31. The van der Waals surface area contributed by atoms with E-state index < -0.39 is 0 Å². The summed E-state index contributed by atoms with van der Waals surface area (Å²) in [7, 11) is 0. The first kappa shape index (κ1) is 12.8. The summed E-state index contributed by atoms with van der Waals surface area (Å²) in [5.74, 6) is 0. The van der Waals surface area contributed by atoms with E-state index in [-0.39, 0.29) is 0 Å². The maximum Gasteiger partial charge on any atom is 0.117 e. The molecule has 0 radical (unpaired) electrons. The summed E-state index contributed by atoms with van der Waals surface area (Å²) in [5.41, 5.74) is 3.15. The van der Waals surface area contributed by atoms with E-state index in [1.165, 1.54) is 0 Å². The van der Waals surface area contributed by atoms with Gasteiger partial charge in [-0.05, 0) is 13.0 Å². The lowest BCUT2D eigenvalue weighted by atomic mass is 10.1. The summed E-state index contributed by atoms with van der Waals surface area (Å²) < 4.78 is 0. The van der Waals surface area contributed by atoms with E-state index in [2.05, 4.69) is 41.5 Å². The van der Waals surface area contributed by atoms with Crippen LogP contribution in [0.15, 0.2) is 30.3 Å². The lowest BCUT2D eigenvalue weighted by Gasteiger charge is -2.00. The zero-order chi connectivity index (χ0) is 12.8. The Labute approximate surface area is 108 Å². The molecule has 0 aliphatic carbocycles. The average Bonchev–Trinajstić information content (AvgIpc) is 2.81. The molecule has 0 atom stereocenters. The van der Waals surface area contributed by atoms with Gasteiger partial charge >= 0.3 is 0 Å². The molecule has 2 aromatic rings. The van der Waals surface area contributed by atoms with Crippen LogP contribution in [0.5, 0.6) is 0 Å². The third-order valence-electron chi connectivity index (χ3n) is 2.74. The Morgan fingerprint density at radius 1 is 1.11 bits per heavy atom. The van der Waals surface area contributed by atoms with Crippen LogP contribution in [0.4, 0.5) is 0 Å². The predicted octanol–water partition coefficient (Wildman–Crippen LogP) is 2.46. The van der Waals surface area contributed by atoms with E-state index in [1.807, 2.05) is 18.2 Å². The minimum absolute atomic E-state index is 0.768. The molecule has 2 rings (SSSR count). The lowest BCUT2D eigenvalue weighted by Crippen LogP contribution is -2.13. The normalized spacial score (nSPS) is 10.8. The van der Waals surface area contributed by atoms with E-state index in [1.54, 1.807) is 4.80 Å². The number of hydrogen-bond acceptors (Lipinski definition) is 3. The van der Waals surface area contributed by atoms with Crippen LogP contribution in [0.1, 0.15) is 26.0 Å². The molecule has 0 saturated carbocycles. The van der Waals surface area contributed by atoms with Crippen LogP contribution >= 0.6 is 0 Å². The van der Waals surface area contributed by atoms with Crippen molar-refractivity contribution in [2.24, 2.45) is 0 Å². The van der Waals surface area contributed by atoms with Gasteiger partial charge in [0.2, 0.25) is 0 Å². The van der Waals surface area contributed by atoms with Crippen molar-refractivity contribution < 1.29 is 0 Å². The van der Waals surface area contributed by atoms with Gasteiger partial charge in [-0.25, -0.2) is 0 Å². The second-order valence-corrected chi connectivity index (χ2v) is 4.24. The summed E-state index contributed by atoms with van der Waals surface area (Å²) in [6, 6.07) is 10.2. The number of aromatic nitrogens is 3. The summed E-state index contributed by atoms with van der Waals surface area (Å²) >= 11 is 0. The molecule has 0 unspecified atom stereocenters. The van der Waals surface area contributed by atoms with E-state index >= 15 is 0 Å². The number of nitrogens with one attached hydrogen (secondary N) is 1. The third-order valence-corrected chi connectivity index (χ3v) is 2.74. The SMILES string of the molecule is CCCn1nc(CNCC)c(-c2ccccc2)n1. The Balaban J connectivity index is 2.31. The quantitative estimate of drug-likeness (QED) is 0.848. The Bertz CT molecular complexity index is 476. The van der Waals surface area contributed by atoms with Gasteiger partial charge in [-0.1, -0.05) is 44.2 Å². The second-order valence-electron chi connectivity index (χ2n) is 4.24. The molecule has 0 aliphatic heterocycles. The molecular formula is C14H20N4. The van der Waals surface area contributed by atoms with E-state index in [0.29, 0.717) is 0 Å². The topological polar surface area (TPSA) is 42.7 Å². The smallest absolute Gasteiger partial charge is 0.117 e. The highest BCUT2D eigenvalue weighted by Crippen LogP contribution is 2.19. The number of benzene rings is 1. The zero-order valence-electron chi connectivity index (χ0n) is 11.1. The first-order valence-electron chi connectivity index (χ1n) is 6.55. The summed E-state index contributed by atoms with van der Waals surface area (Å²) in [6.07, 6.45) is 1.05. The van der Waals surface area contributed by atoms with Gasteiger partial charge in [0.1, 0.15) is 11.4 Å². The zero-order valence-corrected chi connectivity index (χ0v) is 11.1. The van der Waals surface area contributed by atoms with E-state index in [9.17, 15) is 0 Å². The van der Waals surface area contributed by atoms with Gasteiger partial charge in [0, 0.05) is 12.1 Å². The van der Waals surface area contributed by atoms with Crippen LogP contribution < -0.4 is 5.32 Å². The molecule has 4 heteroatoms. The van der Waals surface area contributed by atoms with Crippen molar-refractivity contribution in [3.63, 3.8) is 0 Å². The summed E-state index contributed by atoms with van der Waals surface area (Å²) in [6.45, 7) is 6.81. The van der Waals surface area contributed by atoms with Crippen LogP contribution in [0.25, 0.3) is 11.3 Å². The molecule has 0 spiro atoms. The molecule has 0 saturated heterocycles. The molecule has 18 heavy (non-hydrogen) atoms. The Hall–Kier alpha value is -1.68. The molecule has 4 nitrogen and oxygen atoms in total. The number of rotatable bonds is 6. The Morgan fingerprint density at radius 2 is 1.89 bits per heavy atom. The Kier molecular flexibility index (Phi) is 4.47. The average molecular weight is 244 g/mol. The van der Waals surface area contributed by atoms with E-state index in [0.717, 1.165) is 43.0 Å². The fraction of sp³-hybridized carbons (Fsp3) is 0.429. The first-order chi connectivity index (χ1) is 8.85. The minimum Gasteiger partial charge on any atom is -0.311 e. The van der Waals surface area contributed by atoms with Gasteiger partial charge in [0.05, 0.1) is 6.54 Å². The fourth-order valence-electron chi connectivity index (χ4n) is 1.87. The number of nitrogens with zero attached hydrogens (tertiary/aromatic N) is 3. The van der Waals surface area contributed by atoms with Gasteiger partial charge in [0.25, 0.3) is 0 Å². The van der Waals surface area contributed by atoms with Crippen LogP contribution in [-0.4, -0.2) is 21.5 Å². The number of hydrogen-bond donors (Lipinski definition) is 1. The van der Waals surface area contributed by atoms with Crippen molar-refractivity contribution in [1.29, 1.82) is 0 Å². The summed E-state index contributed by atoms with van der Waals surface area (Å²) in [4.78, 5) is 1.80. The van der Waals surface area contributed by atoms with Crippen molar-refractivity contribution in [2.75, 3.05) is 6.54 Å². The minimum atomic E-state index is 0.768.